The standard InChI is InChI=1S/C13H18N2O3/c1-8(10-5-6-10)14-17-12(16)13-7-3-4-11(13)9(2)15-18-13/h10-11H,3-7H2,1-2H3/b14-8+. The molecule has 18 heavy (non-hydrogen) atoms. The molecule has 1 heterocycles. The van der Waals surface area contributed by atoms with Gasteiger partial charge in [-0.05, 0) is 39.5 Å². The zero-order chi connectivity index (χ0) is 12.8. The summed E-state index contributed by atoms with van der Waals surface area (Å²) in [5.74, 6) is 0.198. The topological polar surface area (TPSA) is 60.2 Å². The number of rotatable bonds is 3. The number of carbonyl (C=O) groups excluding carboxylic acids is 1. The lowest BCUT2D eigenvalue weighted by atomic mass is 9.88. The summed E-state index contributed by atoms with van der Waals surface area (Å²) in [7, 11) is 0. The van der Waals surface area contributed by atoms with Crippen molar-refractivity contribution in [1.29, 1.82) is 0 Å². The summed E-state index contributed by atoms with van der Waals surface area (Å²) < 4.78 is 0. The Labute approximate surface area is 106 Å². The second-order valence-electron chi connectivity index (χ2n) is 5.54. The molecule has 0 amide bonds. The molecule has 3 rings (SSSR count). The van der Waals surface area contributed by atoms with Gasteiger partial charge < -0.3 is 9.68 Å². The van der Waals surface area contributed by atoms with Crippen LogP contribution >= 0.6 is 0 Å². The lowest BCUT2D eigenvalue weighted by Crippen LogP contribution is -2.43. The molecule has 2 fully saturated rings. The first kappa shape index (κ1) is 11.7. The van der Waals surface area contributed by atoms with Crippen LogP contribution in [0.1, 0.15) is 46.0 Å². The highest BCUT2D eigenvalue weighted by molar-refractivity contribution is 5.95. The second-order valence-corrected chi connectivity index (χ2v) is 5.54. The van der Waals surface area contributed by atoms with Gasteiger partial charge in [-0.15, -0.1) is 0 Å². The molecule has 3 aliphatic rings. The lowest BCUT2D eigenvalue weighted by molar-refractivity contribution is -0.172. The first-order valence-electron chi connectivity index (χ1n) is 6.62. The van der Waals surface area contributed by atoms with E-state index >= 15 is 0 Å². The van der Waals surface area contributed by atoms with E-state index in [-0.39, 0.29) is 11.9 Å². The highest BCUT2D eigenvalue weighted by atomic mass is 16.7. The van der Waals surface area contributed by atoms with E-state index in [4.69, 9.17) is 9.68 Å². The van der Waals surface area contributed by atoms with Crippen LogP contribution in [-0.4, -0.2) is 23.0 Å². The van der Waals surface area contributed by atoms with E-state index in [1.54, 1.807) is 0 Å². The van der Waals surface area contributed by atoms with Gasteiger partial charge in [-0.2, -0.15) is 0 Å². The van der Waals surface area contributed by atoms with Gasteiger partial charge in [0.15, 0.2) is 0 Å². The summed E-state index contributed by atoms with van der Waals surface area (Å²) in [5, 5.41) is 7.90. The fourth-order valence-corrected chi connectivity index (χ4v) is 2.90. The minimum absolute atomic E-state index is 0.0708. The molecule has 0 saturated heterocycles. The van der Waals surface area contributed by atoms with Gasteiger partial charge in [0.25, 0.3) is 0 Å². The number of carbonyl (C=O) groups is 1. The third kappa shape index (κ3) is 1.72. The molecule has 5 nitrogen and oxygen atoms in total. The maximum absolute atomic E-state index is 12.2. The van der Waals surface area contributed by atoms with Crippen molar-refractivity contribution in [1.82, 2.24) is 0 Å². The van der Waals surface area contributed by atoms with Crippen LogP contribution in [0.2, 0.25) is 0 Å². The number of oxime groups is 2. The van der Waals surface area contributed by atoms with Gasteiger partial charge in [-0.25, -0.2) is 4.79 Å². The molecule has 0 radical (unpaired) electrons. The van der Waals surface area contributed by atoms with Gasteiger partial charge in [0.05, 0.1) is 17.3 Å². The smallest absolute Gasteiger partial charge is 0.376 e. The van der Waals surface area contributed by atoms with Crippen molar-refractivity contribution in [2.24, 2.45) is 22.1 Å². The van der Waals surface area contributed by atoms with Crippen LogP contribution in [0, 0.1) is 11.8 Å². The van der Waals surface area contributed by atoms with Crippen molar-refractivity contribution in [3.63, 3.8) is 0 Å². The number of fused-ring (bicyclic) bond motifs is 1. The predicted molar refractivity (Wildman–Crippen MR) is 66.2 cm³/mol. The summed E-state index contributed by atoms with van der Waals surface area (Å²) in [6.45, 7) is 3.82. The van der Waals surface area contributed by atoms with Crippen LogP contribution in [0.5, 0.6) is 0 Å². The van der Waals surface area contributed by atoms with Crippen molar-refractivity contribution < 1.29 is 14.5 Å². The Kier molecular flexibility index (Phi) is 2.64. The van der Waals surface area contributed by atoms with Gasteiger partial charge in [0.2, 0.25) is 5.60 Å². The molecule has 0 N–H and O–H groups in total. The number of hydrogen-bond acceptors (Lipinski definition) is 5. The molecule has 1 aliphatic heterocycles. The van der Waals surface area contributed by atoms with Crippen molar-refractivity contribution >= 4 is 17.4 Å². The Morgan fingerprint density at radius 1 is 1.50 bits per heavy atom. The molecule has 0 bridgehead atoms. The summed E-state index contributed by atoms with van der Waals surface area (Å²) >= 11 is 0. The fourth-order valence-electron chi connectivity index (χ4n) is 2.90. The minimum Gasteiger partial charge on any atom is -0.376 e. The van der Waals surface area contributed by atoms with E-state index < -0.39 is 5.60 Å². The van der Waals surface area contributed by atoms with Gasteiger partial charge in [0.1, 0.15) is 0 Å². The van der Waals surface area contributed by atoms with Crippen molar-refractivity contribution in [2.45, 2.75) is 51.6 Å². The molecule has 0 aromatic heterocycles. The van der Waals surface area contributed by atoms with Crippen LogP contribution in [0.15, 0.2) is 10.3 Å². The van der Waals surface area contributed by atoms with Crippen LogP contribution in [0.4, 0.5) is 0 Å². The van der Waals surface area contributed by atoms with Gasteiger partial charge in [-0.1, -0.05) is 10.3 Å². The van der Waals surface area contributed by atoms with E-state index in [0.29, 0.717) is 12.3 Å². The quantitative estimate of drug-likeness (QED) is 0.438. The van der Waals surface area contributed by atoms with Crippen LogP contribution < -0.4 is 0 Å². The first-order valence-corrected chi connectivity index (χ1v) is 6.62. The van der Waals surface area contributed by atoms with E-state index in [0.717, 1.165) is 37.1 Å². The molecular weight excluding hydrogens is 232 g/mol. The Hall–Kier alpha value is -1.39. The highest BCUT2D eigenvalue weighted by Gasteiger charge is 2.58. The number of nitrogens with zero attached hydrogens (tertiary/aromatic N) is 2. The van der Waals surface area contributed by atoms with E-state index in [9.17, 15) is 4.79 Å². The summed E-state index contributed by atoms with van der Waals surface area (Å²) in [4.78, 5) is 22.7. The molecular formula is C13H18N2O3. The normalized spacial score (nSPS) is 34.9. The molecule has 2 unspecified atom stereocenters. The van der Waals surface area contributed by atoms with E-state index in [1.807, 2.05) is 13.8 Å². The zero-order valence-corrected chi connectivity index (χ0v) is 10.8. The summed E-state index contributed by atoms with van der Waals surface area (Å²) in [5.41, 5.74) is 0.912. The molecule has 2 saturated carbocycles. The number of hydrogen-bond donors (Lipinski definition) is 0. The lowest BCUT2D eigenvalue weighted by Gasteiger charge is -2.22. The Bertz CT molecular complexity index is 440. The fraction of sp³-hybridized carbons (Fsp3) is 0.769. The molecule has 2 aliphatic carbocycles. The third-order valence-electron chi connectivity index (χ3n) is 4.25. The third-order valence-corrected chi connectivity index (χ3v) is 4.25. The summed E-state index contributed by atoms with van der Waals surface area (Å²) in [6, 6.07) is 0. The average Bonchev–Trinajstić information content (AvgIpc) is 3.04. The largest absolute Gasteiger partial charge is 0.381 e. The van der Waals surface area contributed by atoms with E-state index in [1.165, 1.54) is 0 Å². The predicted octanol–water partition coefficient (Wildman–Crippen LogP) is 2.26. The van der Waals surface area contributed by atoms with Crippen LogP contribution in [-0.2, 0) is 14.5 Å². The zero-order valence-electron chi connectivity index (χ0n) is 10.8. The minimum atomic E-state index is -0.891. The van der Waals surface area contributed by atoms with Crippen molar-refractivity contribution in [3.05, 3.63) is 0 Å². The Balaban J connectivity index is 1.70. The molecule has 0 spiro atoms. The van der Waals surface area contributed by atoms with Crippen LogP contribution in [0.25, 0.3) is 0 Å². The maximum Gasteiger partial charge on any atom is 0.381 e. The Morgan fingerprint density at radius 2 is 2.28 bits per heavy atom. The molecule has 2 atom stereocenters. The van der Waals surface area contributed by atoms with Crippen LogP contribution in [0.3, 0.4) is 0 Å². The molecule has 0 aromatic carbocycles. The monoisotopic (exact) mass is 250 g/mol. The van der Waals surface area contributed by atoms with Gasteiger partial charge in [0, 0.05) is 12.3 Å². The first-order chi connectivity index (χ1) is 8.63. The SMILES string of the molecule is CC1=NOC2(C(=O)O/N=C(\C)C3CC3)CCCC12. The van der Waals surface area contributed by atoms with Crippen molar-refractivity contribution in [3.8, 4) is 0 Å². The molecule has 0 aromatic rings. The molecule has 98 valence electrons. The summed E-state index contributed by atoms with van der Waals surface area (Å²) in [6.07, 6.45) is 4.89. The highest BCUT2D eigenvalue weighted by Crippen LogP contribution is 2.44. The van der Waals surface area contributed by atoms with Crippen molar-refractivity contribution in [2.75, 3.05) is 0 Å². The Morgan fingerprint density at radius 3 is 3.00 bits per heavy atom. The average molecular weight is 250 g/mol. The maximum atomic E-state index is 12.2. The van der Waals surface area contributed by atoms with Gasteiger partial charge >= 0.3 is 5.97 Å². The van der Waals surface area contributed by atoms with Gasteiger partial charge in [-0.3, -0.25) is 0 Å². The molecule has 5 heteroatoms. The van der Waals surface area contributed by atoms with E-state index in [2.05, 4.69) is 10.3 Å². The second kappa shape index (κ2) is 4.07.